The molecule has 13 heteroatoms. The van der Waals surface area contributed by atoms with E-state index >= 15 is 0 Å². The second-order valence-corrected chi connectivity index (χ2v) is 9.56. The highest BCUT2D eigenvalue weighted by Gasteiger charge is 2.31. The smallest absolute Gasteiger partial charge is 0.326 e. The van der Waals surface area contributed by atoms with Crippen molar-refractivity contribution >= 4 is 29.7 Å². The summed E-state index contributed by atoms with van der Waals surface area (Å²) in [5, 5.41) is 26.9. The Bertz CT molecular complexity index is 951. The Kier molecular flexibility index (Phi) is 13.8. The number of aliphatic hydroxyl groups is 1. The summed E-state index contributed by atoms with van der Waals surface area (Å²) in [5.41, 5.74) is 17.2. The van der Waals surface area contributed by atoms with Gasteiger partial charge in [-0.2, -0.15) is 0 Å². The number of aliphatic carboxylic acids is 1. The summed E-state index contributed by atoms with van der Waals surface area (Å²) in [7, 11) is 0. The van der Waals surface area contributed by atoms with Gasteiger partial charge in [0.25, 0.3) is 0 Å². The number of nitrogens with two attached hydrogens (primary N) is 3. The number of guanidine groups is 1. The minimum Gasteiger partial charge on any atom is -0.480 e. The van der Waals surface area contributed by atoms with Crippen LogP contribution < -0.4 is 33.2 Å². The molecule has 0 saturated carbocycles. The van der Waals surface area contributed by atoms with Crippen LogP contribution in [0.4, 0.5) is 0 Å². The van der Waals surface area contributed by atoms with Gasteiger partial charge in [0.2, 0.25) is 17.7 Å². The number of carbonyl (C=O) groups excluding carboxylic acids is 3. The molecule has 0 saturated heterocycles. The average Bonchev–Trinajstić information content (AvgIpc) is 2.84. The highest BCUT2D eigenvalue weighted by Crippen LogP contribution is 2.09. The topological polar surface area (TPSA) is 235 Å². The summed E-state index contributed by atoms with van der Waals surface area (Å²) in [4.78, 5) is 54.5. The molecule has 0 aliphatic heterocycles. The van der Waals surface area contributed by atoms with Gasteiger partial charge in [-0.05, 0) is 37.7 Å². The molecule has 11 N–H and O–H groups in total. The first-order valence-electron chi connectivity index (χ1n) is 12.5. The molecule has 0 bridgehead atoms. The first-order valence-corrected chi connectivity index (χ1v) is 12.5. The maximum atomic E-state index is 13.3. The minimum absolute atomic E-state index is 0.00472. The normalized spacial score (nSPS) is 14.9. The Morgan fingerprint density at radius 3 is 1.97 bits per heavy atom. The molecule has 1 aromatic rings. The molecule has 5 unspecified atom stereocenters. The van der Waals surface area contributed by atoms with Crippen molar-refractivity contribution in [2.45, 2.75) is 76.7 Å². The molecule has 0 aromatic heterocycles. The Morgan fingerprint density at radius 1 is 0.895 bits per heavy atom. The minimum atomic E-state index is -1.27. The molecule has 0 fully saturated rings. The highest BCUT2D eigenvalue weighted by molar-refractivity contribution is 5.94. The maximum absolute atomic E-state index is 13.3. The number of carbonyl (C=O) groups is 4. The van der Waals surface area contributed by atoms with Crippen LogP contribution in [0, 0.1) is 5.92 Å². The molecule has 13 nitrogen and oxygen atoms in total. The molecular formula is C25H41N7O6. The number of aliphatic hydroxyl groups excluding tert-OH is 1. The fourth-order valence-electron chi connectivity index (χ4n) is 3.56. The summed E-state index contributed by atoms with van der Waals surface area (Å²) in [6.07, 6.45) is -0.473. The van der Waals surface area contributed by atoms with Crippen LogP contribution in [-0.4, -0.2) is 76.7 Å². The van der Waals surface area contributed by atoms with Crippen molar-refractivity contribution in [1.29, 1.82) is 0 Å². The monoisotopic (exact) mass is 535 g/mol. The van der Waals surface area contributed by atoms with Crippen molar-refractivity contribution in [1.82, 2.24) is 16.0 Å². The predicted octanol–water partition coefficient (Wildman–Crippen LogP) is -1.42. The van der Waals surface area contributed by atoms with Crippen molar-refractivity contribution in [2.24, 2.45) is 28.1 Å². The van der Waals surface area contributed by atoms with Crippen LogP contribution in [0.3, 0.4) is 0 Å². The fourth-order valence-corrected chi connectivity index (χ4v) is 3.56. The van der Waals surface area contributed by atoms with E-state index < -0.39 is 54.0 Å². The summed E-state index contributed by atoms with van der Waals surface area (Å²) in [5.74, 6) is -3.45. The zero-order valence-electron chi connectivity index (χ0n) is 22.1. The van der Waals surface area contributed by atoms with Crippen molar-refractivity contribution in [3.63, 3.8) is 0 Å². The number of amides is 3. The molecule has 5 atom stereocenters. The van der Waals surface area contributed by atoms with Gasteiger partial charge in [-0.1, -0.05) is 44.2 Å². The van der Waals surface area contributed by atoms with Gasteiger partial charge in [0.05, 0.1) is 6.10 Å². The number of hydrogen-bond donors (Lipinski definition) is 8. The van der Waals surface area contributed by atoms with Crippen LogP contribution in [0.25, 0.3) is 0 Å². The van der Waals surface area contributed by atoms with E-state index in [-0.39, 0.29) is 37.7 Å². The average molecular weight is 536 g/mol. The quantitative estimate of drug-likeness (QED) is 0.0703. The molecule has 212 valence electrons. The maximum Gasteiger partial charge on any atom is 0.326 e. The Labute approximate surface area is 222 Å². The van der Waals surface area contributed by atoms with Gasteiger partial charge in [-0.15, -0.1) is 0 Å². The molecule has 1 aromatic carbocycles. The second-order valence-electron chi connectivity index (χ2n) is 9.56. The highest BCUT2D eigenvalue weighted by atomic mass is 16.4. The SMILES string of the molecule is CC(C)CC(NC(=O)C(CCCN=C(N)N)NC(=O)C(Cc1ccccc1)NC(=O)C(N)C(C)O)C(=O)O. The first-order chi connectivity index (χ1) is 17.8. The van der Waals surface area contributed by atoms with Gasteiger partial charge in [-0.25, -0.2) is 4.79 Å². The summed E-state index contributed by atoms with van der Waals surface area (Å²) < 4.78 is 0. The molecular weight excluding hydrogens is 494 g/mol. The van der Waals surface area contributed by atoms with E-state index in [0.29, 0.717) is 6.42 Å². The number of benzene rings is 1. The van der Waals surface area contributed by atoms with Gasteiger partial charge >= 0.3 is 5.97 Å². The third kappa shape index (κ3) is 12.0. The molecule has 3 amide bonds. The molecule has 38 heavy (non-hydrogen) atoms. The lowest BCUT2D eigenvalue weighted by Crippen LogP contribution is -2.58. The fraction of sp³-hybridized carbons (Fsp3) is 0.560. The van der Waals surface area contributed by atoms with Crippen molar-refractivity contribution in [3.05, 3.63) is 35.9 Å². The van der Waals surface area contributed by atoms with Crippen LogP contribution in [0.15, 0.2) is 35.3 Å². The zero-order valence-corrected chi connectivity index (χ0v) is 22.1. The largest absolute Gasteiger partial charge is 0.480 e. The van der Waals surface area contributed by atoms with Crippen LogP contribution in [-0.2, 0) is 25.6 Å². The van der Waals surface area contributed by atoms with Crippen molar-refractivity contribution in [3.8, 4) is 0 Å². The molecule has 0 spiro atoms. The predicted molar refractivity (Wildman–Crippen MR) is 143 cm³/mol. The molecule has 0 aliphatic carbocycles. The Balaban J connectivity index is 3.15. The second kappa shape index (κ2) is 16.2. The van der Waals surface area contributed by atoms with Gasteiger partial charge < -0.3 is 43.4 Å². The van der Waals surface area contributed by atoms with Crippen LogP contribution in [0.2, 0.25) is 0 Å². The van der Waals surface area contributed by atoms with E-state index in [9.17, 15) is 29.4 Å². The number of aliphatic imine (C=N–C) groups is 1. The number of carboxylic acids is 1. The Morgan fingerprint density at radius 2 is 1.45 bits per heavy atom. The number of carboxylic acid groups (broad SMARTS) is 1. The summed E-state index contributed by atoms with van der Waals surface area (Å²) in [6.45, 7) is 5.18. The summed E-state index contributed by atoms with van der Waals surface area (Å²) in [6, 6.07) is 4.19. The van der Waals surface area contributed by atoms with Crippen molar-refractivity contribution < 1.29 is 29.4 Å². The van der Waals surface area contributed by atoms with E-state index in [1.165, 1.54) is 6.92 Å². The van der Waals surface area contributed by atoms with Gasteiger partial charge in [0.1, 0.15) is 24.2 Å². The van der Waals surface area contributed by atoms with E-state index in [1.54, 1.807) is 30.3 Å². The third-order valence-corrected chi connectivity index (χ3v) is 5.64. The lowest BCUT2D eigenvalue weighted by molar-refractivity contribution is -0.143. The molecule has 0 radical (unpaired) electrons. The van der Waals surface area contributed by atoms with E-state index in [0.717, 1.165) is 5.56 Å². The van der Waals surface area contributed by atoms with Crippen molar-refractivity contribution in [2.75, 3.05) is 6.54 Å². The lowest BCUT2D eigenvalue weighted by atomic mass is 10.0. The van der Waals surface area contributed by atoms with Crippen LogP contribution in [0.5, 0.6) is 0 Å². The Hall–Kier alpha value is -3.71. The van der Waals surface area contributed by atoms with E-state index in [4.69, 9.17) is 17.2 Å². The number of nitrogens with one attached hydrogen (secondary N) is 3. The first kappa shape index (κ1) is 32.3. The molecule has 1 rings (SSSR count). The molecule has 0 aliphatic rings. The van der Waals surface area contributed by atoms with E-state index in [2.05, 4.69) is 20.9 Å². The third-order valence-electron chi connectivity index (χ3n) is 5.64. The van der Waals surface area contributed by atoms with Gasteiger partial charge in [0, 0.05) is 13.0 Å². The number of rotatable bonds is 16. The number of nitrogens with zero attached hydrogens (tertiary/aromatic N) is 1. The molecule has 0 heterocycles. The van der Waals surface area contributed by atoms with Crippen LogP contribution >= 0.6 is 0 Å². The lowest BCUT2D eigenvalue weighted by Gasteiger charge is -2.26. The summed E-state index contributed by atoms with van der Waals surface area (Å²) >= 11 is 0. The number of hydrogen-bond acceptors (Lipinski definition) is 7. The van der Waals surface area contributed by atoms with E-state index in [1.807, 2.05) is 13.8 Å². The van der Waals surface area contributed by atoms with Gasteiger partial charge in [0.15, 0.2) is 5.96 Å². The van der Waals surface area contributed by atoms with Gasteiger partial charge in [-0.3, -0.25) is 19.4 Å². The zero-order chi connectivity index (χ0) is 28.8. The van der Waals surface area contributed by atoms with Crippen LogP contribution in [0.1, 0.15) is 45.6 Å². The standard InChI is InChI=1S/C25H41N7O6/c1-14(2)12-19(24(37)38)32-21(34)17(10-7-11-29-25(27)28)30-22(35)18(13-16-8-5-4-6-9-16)31-23(36)20(26)15(3)33/h4-6,8-9,14-15,17-20,33H,7,10-13,26H2,1-3H3,(H,30,35)(H,31,36)(H,32,34)(H,37,38)(H4,27,28,29).